The van der Waals surface area contributed by atoms with Crippen molar-refractivity contribution in [2.45, 2.75) is 24.8 Å². The van der Waals surface area contributed by atoms with Gasteiger partial charge in [-0.25, -0.2) is 4.98 Å². The Hall–Kier alpha value is -2.63. The standard InChI is InChI=1S/C22H30N6O3S2/c1-15(23)18(24)11-26-20-22(31)28(9-8-25-20)19(14-32-2)21(30)27-10-17(29)13-33-12-16-6-4-3-5-7-16/h3-9,17,19,23-24,29H,10-14H2,1-2H3,(H,25,26)(H,27,30). The van der Waals surface area contributed by atoms with Crippen LogP contribution in [0.4, 0.5) is 5.82 Å². The molecule has 0 fully saturated rings. The zero-order valence-electron chi connectivity index (χ0n) is 18.7. The molecule has 2 aromatic rings. The van der Waals surface area contributed by atoms with Crippen molar-refractivity contribution < 1.29 is 9.90 Å². The summed E-state index contributed by atoms with van der Waals surface area (Å²) < 4.78 is 1.30. The Labute approximate surface area is 201 Å². The number of carbonyl (C=O) groups is 1. The lowest BCUT2D eigenvalue weighted by Gasteiger charge is -2.20. The predicted molar refractivity (Wildman–Crippen MR) is 137 cm³/mol. The topological polar surface area (TPSA) is 144 Å². The largest absolute Gasteiger partial charge is 0.390 e. The average Bonchev–Trinajstić information content (AvgIpc) is 2.81. The second-order valence-electron chi connectivity index (χ2n) is 7.32. The van der Waals surface area contributed by atoms with Crippen LogP contribution in [0.1, 0.15) is 18.5 Å². The van der Waals surface area contributed by atoms with Gasteiger partial charge in [0.25, 0.3) is 5.56 Å². The monoisotopic (exact) mass is 490 g/mol. The van der Waals surface area contributed by atoms with Crippen LogP contribution in [0.5, 0.6) is 0 Å². The van der Waals surface area contributed by atoms with Crippen LogP contribution in [0.3, 0.4) is 0 Å². The Balaban J connectivity index is 1.95. The first-order valence-corrected chi connectivity index (χ1v) is 12.9. The number of amides is 1. The Morgan fingerprint density at radius 1 is 1.24 bits per heavy atom. The second-order valence-corrected chi connectivity index (χ2v) is 9.26. The summed E-state index contributed by atoms with van der Waals surface area (Å²) in [5.74, 6) is 1.27. The molecule has 33 heavy (non-hydrogen) atoms. The van der Waals surface area contributed by atoms with Gasteiger partial charge in [0.05, 0.1) is 24.1 Å². The Morgan fingerprint density at radius 3 is 2.64 bits per heavy atom. The van der Waals surface area contributed by atoms with E-state index >= 15 is 0 Å². The number of hydrogen-bond acceptors (Lipinski definition) is 9. The van der Waals surface area contributed by atoms with Gasteiger partial charge in [-0.15, -0.1) is 0 Å². The number of hydrogen-bond donors (Lipinski definition) is 5. The van der Waals surface area contributed by atoms with Crippen molar-refractivity contribution in [2.24, 2.45) is 0 Å². The maximum absolute atomic E-state index is 12.9. The minimum atomic E-state index is -0.774. The molecule has 0 saturated heterocycles. The van der Waals surface area contributed by atoms with Crippen molar-refractivity contribution >= 4 is 46.7 Å². The molecule has 2 rings (SSSR count). The summed E-state index contributed by atoms with van der Waals surface area (Å²) in [6.07, 6.45) is 4.00. The van der Waals surface area contributed by atoms with Crippen LogP contribution in [0.25, 0.3) is 0 Å². The number of aliphatic hydroxyl groups excluding tert-OH is 1. The van der Waals surface area contributed by atoms with Crippen molar-refractivity contribution in [3.05, 3.63) is 58.6 Å². The lowest BCUT2D eigenvalue weighted by Crippen LogP contribution is -2.42. The van der Waals surface area contributed by atoms with Gasteiger partial charge in [-0.3, -0.25) is 14.2 Å². The van der Waals surface area contributed by atoms with Gasteiger partial charge in [-0.1, -0.05) is 30.3 Å². The van der Waals surface area contributed by atoms with Crippen molar-refractivity contribution in [3.8, 4) is 0 Å². The van der Waals surface area contributed by atoms with Gasteiger partial charge in [0.15, 0.2) is 5.82 Å². The highest BCUT2D eigenvalue weighted by molar-refractivity contribution is 7.98. The van der Waals surface area contributed by atoms with E-state index in [4.69, 9.17) is 10.8 Å². The minimum Gasteiger partial charge on any atom is -0.390 e. The highest BCUT2D eigenvalue weighted by Crippen LogP contribution is 2.14. The Morgan fingerprint density at radius 2 is 1.97 bits per heavy atom. The summed E-state index contributed by atoms with van der Waals surface area (Å²) in [6.45, 7) is 1.58. The number of aromatic nitrogens is 2. The van der Waals surface area contributed by atoms with Crippen molar-refractivity contribution in [1.29, 1.82) is 10.8 Å². The van der Waals surface area contributed by atoms with E-state index in [2.05, 4.69) is 15.6 Å². The van der Waals surface area contributed by atoms with Gasteiger partial charge in [0, 0.05) is 36.2 Å². The number of aliphatic hydroxyl groups is 1. The third-order valence-corrected chi connectivity index (χ3v) is 6.46. The van der Waals surface area contributed by atoms with E-state index in [1.807, 2.05) is 36.6 Å². The lowest BCUT2D eigenvalue weighted by atomic mass is 10.2. The fraction of sp³-hybridized carbons (Fsp3) is 0.409. The van der Waals surface area contributed by atoms with Crippen molar-refractivity contribution in [2.75, 3.05) is 36.2 Å². The molecule has 0 aliphatic rings. The molecule has 178 valence electrons. The zero-order chi connectivity index (χ0) is 24.2. The van der Waals surface area contributed by atoms with Crippen molar-refractivity contribution in [3.63, 3.8) is 0 Å². The summed E-state index contributed by atoms with van der Waals surface area (Å²) in [6, 6.07) is 9.18. The van der Waals surface area contributed by atoms with Crippen LogP contribution in [0, 0.1) is 10.8 Å². The van der Waals surface area contributed by atoms with E-state index in [-0.39, 0.29) is 36.2 Å². The molecule has 0 aliphatic heterocycles. The number of nitrogens with zero attached hydrogens (tertiary/aromatic N) is 2. The fourth-order valence-corrected chi connectivity index (χ4v) is 4.38. The molecule has 0 aliphatic carbocycles. The summed E-state index contributed by atoms with van der Waals surface area (Å²) in [5, 5.41) is 30.9. The Kier molecular flexibility index (Phi) is 11.1. The average molecular weight is 491 g/mol. The van der Waals surface area contributed by atoms with Gasteiger partial charge >= 0.3 is 0 Å². The predicted octanol–water partition coefficient (Wildman–Crippen LogP) is 2.03. The van der Waals surface area contributed by atoms with Gasteiger partial charge in [0.1, 0.15) is 6.04 Å². The quantitative estimate of drug-likeness (QED) is 0.255. The SMILES string of the molecule is CSCC(C(=O)NCC(O)CSCc1ccccc1)n1ccnc(NCC(=N)C(C)=N)c1=O. The van der Waals surface area contributed by atoms with E-state index in [0.29, 0.717) is 11.5 Å². The van der Waals surface area contributed by atoms with E-state index in [1.165, 1.54) is 41.2 Å². The summed E-state index contributed by atoms with van der Waals surface area (Å²) in [4.78, 5) is 29.7. The maximum Gasteiger partial charge on any atom is 0.294 e. The summed E-state index contributed by atoms with van der Waals surface area (Å²) in [5.41, 5.74) is 0.829. The molecule has 1 amide bonds. The number of anilines is 1. The highest BCUT2D eigenvalue weighted by Gasteiger charge is 2.23. The number of rotatable bonds is 14. The highest BCUT2D eigenvalue weighted by atomic mass is 32.2. The molecule has 2 unspecified atom stereocenters. The third-order valence-electron chi connectivity index (χ3n) is 4.65. The number of benzene rings is 1. The van der Waals surface area contributed by atoms with Gasteiger partial charge < -0.3 is 26.6 Å². The van der Waals surface area contributed by atoms with E-state index in [1.54, 1.807) is 11.8 Å². The smallest absolute Gasteiger partial charge is 0.294 e. The lowest BCUT2D eigenvalue weighted by molar-refractivity contribution is -0.124. The van der Waals surface area contributed by atoms with Crippen LogP contribution >= 0.6 is 23.5 Å². The van der Waals surface area contributed by atoms with Gasteiger partial charge in [0.2, 0.25) is 5.91 Å². The first-order chi connectivity index (χ1) is 15.8. The Bertz CT molecular complexity index is 999. The molecule has 0 radical (unpaired) electrons. The maximum atomic E-state index is 12.9. The number of thioether (sulfide) groups is 2. The zero-order valence-corrected chi connectivity index (χ0v) is 20.3. The molecular weight excluding hydrogens is 460 g/mol. The van der Waals surface area contributed by atoms with Crippen LogP contribution in [-0.2, 0) is 10.5 Å². The molecule has 1 aromatic carbocycles. The first-order valence-electron chi connectivity index (χ1n) is 10.3. The normalized spacial score (nSPS) is 12.6. The number of carbonyl (C=O) groups excluding carboxylic acids is 1. The molecule has 1 aromatic heterocycles. The molecule has 11 heteroatoms. The van der Waals surface area contributed by atoms with Crippen LogP contribution in [-0.4, -0.2) is 68.9 Å². The van der Waals surface area contributed by atoms with Crippen LogP contribution in [0.15, 0.2) is 47.5 Å². The number of nitrogens with one attached hydrogen (secondary N) is 4. The molecular formula is C22H30N6O3S2. The van der Waals surface area contributed by atoms with Crippen molar-refractivity contribution in [1.82, 2.24) is 14.9 Å². The molecule has 1 heterocycles. The fourth-order valence-electron chi connectivity index (χ4n) is 2.82. The van der Waals surface area contributed by atoms with Gasteiger partial charge in [-0.2, -0.15) is 23.5 Å². The molecule has 5 N–H and O–H groups in total. The molecule has 0 spiro atoms. The summed E-state index contributed by atoms with van der Waals surface area (Å²) in [7, 11) is 0. The third kappa shape index (κ3) is 8.67. The van der Waals surface area contributed by atoms with Gasteiger partial charge in [-0.05, 0) is 18.7 Å². The van der Waals surface area contributed by atoms with E-state index in [9.17, 15) is 14.7 Å². The molecule has 0 saturated carbocycles. The summed E-state index contributed by atoms with van der Waals surface area (Å²) >= 11 is 3.01. The molecule has 0 bridgehead atoms. The second kappa shape index (κ2) is 13.8. The molecule has 2 atom stereocenters. The molecule has 9 nitrogen and oxygen atoms in total. The first kappa shape index (κ1) is 26.6. The minimum absolute atomic E-state index is 0.00613. The van der Waals surface area contributed by atoms with Crippen LogP contribution in [0.2, 0.25) is 0 Å². The van der Waals surface area contributed by atoms with Crippen LogP contribution < -0.4 is 16.2 Å². The van der Waals surface area contributed by atoms with E-state index < -0.39 is 17.7 Å². The van der Waals surface area contributed by atoms with E-state index in [0.717, 1.165) is 5.75 Å².